The average molecular weight is 279 g/mol. The summed E-state index contributed by atoms with van der Waals surface area (Å²) in [6, 6.07) is 16.5. The number of hydrogen-bond acceptors (Lipinski definition) is 4. The van der Waals surface area contributed by atoms with E-state index in [2.05, 4.69) is 57.9 Å². The number of tetrazole rings is 1. The summed E-state index contributed by atoms with van der Waals surface area (Å²) in [6.07, 6.45) is 0.695. The fourth-order valence-electron chi connectivity index (χ4n) is 2.39. The summed E-state index contributed by atoms with van der Waals surface area (Å²) in [7, 11) is 0. The molecule has 0 saturated carbocycles. The van der Waals surface area contributed by atoms with Gasteiger partial charge in [0.2, 0.25) is 0 Å². The molecule has 5 heteroatoms. The lowest BCUT2D eigenvalue weighted by Gasteiger charge is -2.12. The molecule has 0 aliphatic heterocycles. The zero-order valence-corrected chi connectivity index (χ0v) is 11.8. The third-order valence-corrected chi connectivity index (χ3v) is 3.58. The summed E-state index contributed by atoms with van der Waals surface area (Å²) in [4.78, 5) is 0. The predicted octanol–water partition coefficient (Wildman–Crippen LogP) is 2.42. The van der Waals surface area contributed by atoms with Crippen LogP contribution in [-0.2, 0) is 6.42 Å². The van der Waals surface area contributed by atoms with Crippen molar-refractivity contribution >= 4 is 0 Å². The number of benzene rings is 2. The van der Waals surface area contributed by atoms with Gasteiger partial charge in [0.15, 0.2) is 5.82 Å². The SMILES string of the molecule is Cc1cc(-c2ccccc2)ccc1CC(N)c1nn[nH]n1. The standard InChI is InChI=1S/C16H17N5/c1-11-9-14(12-5-3-2-4-6-12)8-7-13(11)10-15(17)16-18-20-21-19-16/h2-9,15H,10,17H2,1H3,(H,18,19,20,21). The number of aryl methyl sites for hydroxylation is 1. The van der Waals surface area contributed by atoms with Gasteiger partial charge in [-0.3, -0.25) is 0 Å². The summed E-state index contributed by atoms with van der Waals surface area (Å²) in [5, 5.41) is 13.8. The quantitative estimate of drug-likeness (QED) is 0.768. The Morgan fingerprint density at radius 2 is 1.90 bits per heavy atom. The molecule has 0 spiro atoms. The lowest BCUT2D eigenvalue weighted by atomic mass is 9.96. The van der Waals surface area contributed by atoms with Crippen LogP contribution in [0.1, 0.15) is 23.0 Å². The zero-order valence-electron chi connectivity index (χ0n) is 11.8. The normalized spacial score (nSPS) is 12.3. The zero-order chi connectivity index (χ0) is 14.7. The second-order valence-corrected chi connectivity index (χ2v) is 5.09. The number of nitrogens with zero attached hydrogens (tertiary/aromatic N) is 3. The topological polar surface area (TPSA) is 80.5 Å². The highest BCUT2D eigenvalue weighted by atomic mass is 15.5. The van der Waals surface area contributed by atoms with Crippen molar-refractivity contribution in [2.24, 2.45) is 5.73 Å². The van der Waals surface area contributed by atoms with E-state index < -0.39 is 0 Å². The Kier molecular flexibility index (Phi) is 3.75. The maximum atomic E-state index is 6.10. The summed E-state index contributed by atoms with van der Waals surface area (Å²) in [6.45, 7) is 2.10. The first-order chi connectivity index (χ1) is 10.2. The highest BCUT2D eigenvalue weighted by Crippen LogP contribution is 2.24. The maximum Gasteiger partial charge on any atom is 0.191 e. The molecular weight excluding hydrogens is 262 g/mol. The Labute approximate surface area is 123 Å². The van der Waals surface area contributed by atoms with Crippen LogP contribution in [0.4, 0.5) is 0 Å². The summed E-state index contributed by atoms with van der Waals surface area (Å²) >= 11 is 0. The molecule has 0 aliphatic rings. The minimum absolute atomic E-state index is 0.245. The van der Waals surface area contributed by atoms with Crippen LogP contribution in [0.3, 0.4) is 0 Å². The maximum absolute atomic E-state index is 6.10. The smallest absolute Gasteiger partial charge is 0.191 e. The Bertz CT molecular complexity index is 707. The summed E-state index contributed by atoms with van der Waals surface area (Å²) in [5.41, 5.74) is 11.0. The molecule has 106 valence electrons. The molecule has 1 atom stereocenters. The van der Waals surface area contributed by atoms with Gasteiger partial charge in [-0.25, -0.2) is 0 Å². The Balaban J connectivity index is 1.82. The molecule has 0 fully saturated rings. The molecule has 5 nitrogen and oxygen atoms in total. The van der Waals surface area contributed by atoms with Crippen molar-refractivity contribution in [1.82, 2.24) is 20.6 Å². The molecule has 2 aromatic carbocycles. The van der Waals surface area contributed by atoms with Crippen molar-refractivity contribution in [2.45, 2.75) is 19.4 Å². The van der Waals surface area contributed by atoms with Gasteiger partial charge in [0.1, 0.15) is 0 Å². The molecule has 0 radical (unpaired) electrons. The number of H-pyrrole nitrogens is 1. The van der Waals surface area contributed by atoms with Crippen molar-refractivity contribution < 1.29 is 0 Å². The summed E-state index contributed by atoms with van der Waals surface area (Å²) in [5.74, 6) is 0.543. The van der Waals surface area contributed by atoms with Gasteiger partial charge < -0.3 is 5.73 Å². The number of aromatic amines is 1. The average Bonchev–Trinajstić information content (AvgIpc) is 3.04. The van der Waals surface area contributed by atoms with E-state index in [1.165, 1.54) is 22.3 Å². The van der Waals surface area contributed by atoms with Crippen LogP contribution < -0.4 is 5.73 Å². The van der Waals surface area contributed by atoms with E-state index in [9.17, 15) is 0 Å². The van der Waals surface area contributed by atoms with Gasteiger partial charge in [-0.1, -0.05) is 53.7 Å². The van der Waals surface area contributed by atoms with E-state index in [1.54, 1.807) is 0 Å². The van der Waals surface area contributed by atoms with Crippen LogP contribution in [0, 0.1) is 6.92 Å². The molecule has 3 N–H and O–H groups in total. The number of nitrogens with two attached hydrogens (primary N) is 1. The van der Waals surface area contributed by atoms with Crippen LogP contribution in [0.5, 0.6) is 0 Å². The number of rotatable bonds is 4. The minimum atomic E-state index is -0.245. The second-order valence-electron chi connectivity index (χ2n) is 5.09. The number of hydrogen-bond donors (Lipinski definition) is 2. The predicted molar refractivity (Wildman–Crippen MR) is 81.4 cm³/mol. The van der Waals surface area contributed by atoms with Gasteiger partial charge >= 0.3 is 0 Å². The van der Waals surface area contributed by atoms with Gasteiger partial charge in [0, 0.05) is 0 Å². The van der Waals surface area contributed by atoms with Crippen LogP contribution >= 0.6 is 0 Å². The van der Waals surface area contributed by atoms with Crippen molar-refractivity contribution in [3.05, 3.63) is 65.5 Å². The molecule has 0 bridgehead atoms. The lowest BCUT2D eigenvalue weighted by molar-refractivity contribution is 0.667. The largest absolute Gasteiger partial charge is 0.321 e. The third-order valence-electron chi connectivity index (χ3n) is 3.58. The molecule has 3 rings (SSSR count). The molecule has 0 amide bonds. The number of aromatic nitrogens is 4. The highest BCUT2D eigenvalue weighted by Gasteiger charge is 2.13. The van der Waals surface area contributed by atoms with E-state index in [0.717, 1.165) is 0 Å². The highest BCUT2D eigenvalue weighted by molar-refractivity contribution is 5.64. The van der Waals surface area contributed by atoms with Crippen molar-refractivity contribution in [3.63, 3.8) is 0 Å². The van der Waals surface area contributed by atoms with Crippen LogP contribution in [0.2, 0.25) is 0 Å². The van der Waals surface area contributed by atoms with E-state index >= 15 is 0 Å². The van der Waals surface area contributed by atoms with Gasteiger partial charge in [-0.2, -0.15) is 5.21 Å². The first kappa shape index (κ1) is 13.5. The van der Waals surface area contributed by atoms with E-state index in [-0.39, 0.29) is 6.04 Å². The molecule has 3 aromatic rings. The molecular formula is C16H17N5. The Morgan fingerprint density at radius 3 is 2.57 bits per heavy atom. The van der Waals surface area contributed by atoms with Crippen molar-refractivity contribution in [3.8, 4) is 11.1 Å². The molecule has 1 aromatic heterocycles. The molecule has 0 saturated heterocycles. The van der Waals surface area contributed by atoms with Gasteiger partial charge in [0.05, 0.1) is 6.04 Å². The molecule has 0 aliphatic carbocycles. The van der Waals surface area contributed by atoms with Crippen LogP contribution in [0.15, 0.2) is 48.5 Å². The van der Waals surface area contributed by atoms with Gasteiger partial charge in [-0.05, 0) is 35.6 Å². The lowest BCUT2D eigenvalue weighted by Crippen LogP contribution is -2.15. The number of nitrogens with one attached hydrogen (secondary N) is 1. The first-order valence-corrected chi connectivity index (χ1v) is 6.88. The first-order valence-electron chi connectivity index (χ1n) is 6.88. The Hall–Kier alpha value is -2.53. The fraction of sp³-hybridized carbons (Fsp3) is 0.188. The molecule has 21 heavy (non-hydrogen) atoms. The fourth-order valence-corrected chi connectivity index (χ4v) is 2.39. The summed E-state index contributed by atoms with van der Waals surface area (Å²) < 4.78 is 0. The van der Waals surface area contributed by atoms with Gasteiger partial charge in [-0.15, -0.1) is 10.2 Å². The van der Waals surface area contributed by atoms with Gasteiger partial charge in [0.25, 0.3) is 0 Å². The molecule has 1 heterocycles. The van der Waals surface area contributed by atoms with Crippen molar-refractivity contribution in [2.75, 3.05) is 0 Å². The van der Waals surface area contributed by atoms with Crippen LogP contribution in [0.25, 0.3) is 11.1 Å². The van der Waals surface area contributed by atoms with Crippen molar-refractivity contribution in [1.29, 1.82) is 0 Å². The Morgan fingerprint density at radius 1 is 1.10 bits per heavy atom. The monoisotopic (exact) mass is 279 g/mol. The second kappa shape index (κ2) is 5.85. The van der Waals surface area contributed by atoms with Crippen LogP contribution in [-0.4, -0.2) is 20.6 Å². The third kappa shape index (κ3) is 2.98. The van der Waals surface area contributed by atoms with E-state index in [4.69, 9.17) is 5.73 Å². The van der Waals surface area contributed by atoms with E-state index in [1.807, 2.05) is 18.2 Å². The molecule has 1 unspecified atom stereocenters. The van der Waals surface area contributed by atoms with E-state index in [0.29, 0.717) is 12.2 Å². The minimum Gasteiger partial charge on any atom is -0.321 e.